The Hall–Kier alpha value is -1.10. The summed E-state index contributed by atoms with van der Waals surface area (Å²) in [7, 11) is 0. The van der Waals surface area contributed by atoms with E-state index in [1.807, 2.05) is 0 Å². The highest BCUT2D eigenvalue weighted by Gasteiger charge is 2.35. The van der Waals surface area contributed by atoms with E-state index in [9.17, 15) is 9.59 Å². The molecule has 104 valence electrons. The van der Waals surface area contributed by atoms with Crippen LogP contribution in [0.1, 0.15) is 46.0 Å². The van der Waals surface area contributed by atoms with Gasteiger partial charge in [0.15, 0.2) is 0 Å². The van der Waals surface area contributed by atoms with Crippen molar-refractivity contribution in [3.63, 3.8) is 0 Å². The highest BCUT2D eigenvalue weighted by molar-refractivity contribution is 5.84. The summed E-state index contributed by atoms with van der Waals surface area (Å²) in [5, 5.41) is 17.9. The molecule has 1 fully saturated rings. The van der Waals surface area contributed by atoms with Crippen LogP contribution in [-0.2, 0) is 9.59 Å². The van der Waals surface area contributed by atoms with Crippen LogP contribution < -0.4 is 0 Å². The van der Waals surface area contributed by atoms with Gasteiger partial charge in [-0.1, -0.05) is 0 Å². The van der Waals surface area contributed by atoms with Gasteiger partial charge in [0.25, 0.3) is 0 Å². The Morgan fingerprint density at radius 1 is 1.39 bits per heavy atom. The van der Waals surface area contributed by atoms with Crippen LogP contribution in [0.15, 0.2) is 0 Å². The second-order valence-electron chi connectivity index (χ2n) is 5.61. The molecule has 1 atom stereocenters. The summed E-state index contributed by atoms with van der Waals surface area (Å²) in [5.41, 5.74) is -1.01. The first kappa shape index (κ1) is 15.0. The van der Waals surface area contributed by atoms with Gasteiger partial charge in [-0.3, -0.25) is 9.59 Å². The van der Waals surface area contributed by atoms with E-state index < -0.39 is 11.4 Å². The number of likely N-dealkylation sites (tertiary alicyclic amines) is 1. The number of carbonyl (C=O) groups excluding carboxylic acids is 1. The fourth-order valence-corrected chi connectivity index (χ4v) is 2.35. The van der Waals surface area contributed by atoms with Crippen LogP contribution in [0.3, 0.4) is 0 Å². The largest absolute Gasteiger partial charge is 0.481 e. The van der Waals surface area contributed by atoms with Gasteiger partial charge >= 0.3 is 5.97 Å². The van der Waals surface area contributed by atoms with E-state index in [4.69, 9.17) is 10.2 Å². The maximum absolute atomic E-state index is 12.1. The van der Waals surface area contributed by atoms with Gasteiger partial charge in [0.05, 0.1) is 5.41 Å². The van der Waals surface area contributed by atoms with Gasteiger partial charge in [0.2, 0.25) is 5.91 Å². The molecule has 5 nitrogen and oxygen atoms in total. The summed E-state index contributed by atoms with van der Waals surface area (Å²) >= 11 is 0. The minimum absolute atomic E-state index is 0.0396. The number of aliphatic hydroxyl groups is 1. The highest BCUT2D eigenvalue weighted by atomic mass is 16.4. The second-order valence-corrected chi connectivity index (χ2v) is 5.61. The third-order valence-corrected chi connectivity index (χ3v) is 3.57. The Bertz CT molecular complexity index is 314. The van der Waals surface area contributed by atoms with Crippen LogP contribution in [-0.4, -0.2) is 46.2 Å². The molecular weight excluding hydrogens is 234 g/mol. The molecule has 0 aromatic carbocycles. The van der Waals surface area contributed by atoms with E-state index in [1.54, 1.807) is 18.7 Å². The number of carboxylic acid groups (broad SMARTS) is 1. The van der Waals surface area contributed by atoms with Crippen molar-refractivity contribution in [3.05, 3.63) is 0 Å². The highest BCUT2D eigenvalue weighted by Crippen LogP contribution is 2.27. The van der Waals surface area contributed by atoms with Crippen molar-refractivity contribution < 1.29 is 19.8 Å². The molecule has 0 saturated carbocycles. The lowest BCUT2D eigenvalue weighted by Crippen LogP contribution is -2.39. The summed E-state index contributed by atoms with van der Waals surface area (Å²) < 4.78 is 0. The third kappa shape index (κ3) is 3.70. The fourth-order valence-electron chi connectivity index (χ4n) is 2.35. The number of hydrogen-bond donors (Lipinski definition) is 2. The molecule has 1 rings (SSSR count). The number of hydrogen-bond acceptors (Lipinski definition) is 3. The lowest BCUT2D eigenvalue weighted by Gasteiger charge is -2.28. The molecule has 1 saturated heterocycles. The summed E-state index contributed by atoms with van der Waals surface area (Å²) in [6.45, 7) is 4.00. The van der Waals surface area contributed by atoms with E-state index in [0.717, 1.165) is 19.3 Å². The Kier molecular flexibility index (Phi) is 5.14. The summed E-state index contributed by atoms with van der Waals surface area (Å²) in [6, 6.07) is 0.175. The van der Waals surface area contributed by atoms with Gasteiger partial charge in [-0.25, -0.2) is 0 Å². The molecule has 0 spiro atoms. The number of aliphatic hydroxyl groups excluding tert-OH is 1. The van der Waals surface area contributed by atoms with Crippen molar-refractivity contribution in [2.24, 2.45) is 5.41 Å². The minimum atomic E-state index is -1.01. The van der Waals surface area contributed by atoms with Gasteiger partial charge in [-0.2, -0.15) is 0 Å². The molecule has 5 heteroatoms. The van der Waals surface area contributed by atoms with Gasteiger partial charge in [0, 0.05) is 25.6 Å². The van der Waals surface area contributed by atoms with Crippen molar-refractivity contribution in [1.82, 2.24) is 4.90 Å². The summed E-state index contributed by atoms with van der Waals surface area (Å²) in [4.78, 5) is 25.0. The molecule has 0 radical (unpaired) electrons. The number of aliphatic carboxylic acids is 1. The van der Waals surface area contributed by atoms with E-state index >= 15 is 0 Å². The molecule has 1 amide bonds. The van der Waals surface area contributed by atoms with Crippen LogP contribution in [0, 0.1) is 5.41 Å². The topological polar surface area (TPSA) is 77.8 Å². The lowest BCUT2D eigenvalue weighted by atomic mass is 9.89. The number of rotatable bonds is 6. The molecule has 0 aliphatic carbocycles. The second kappa shape index (κ2) is 6.18. The SMILES string of the molecule is CC(C)(CC(=O)N1CCCC1CCCO)C(=O)O. The first-order chi connectivity index (χ1) is 8.38. The smallest absolute Gasteiger partial charge is 0.309 e. The van der Waals surface area contributed by atoms with E-state index in [2.05, 4.69) is 0 Å². The van der Waals surface area contributed by atoms with E-state index in [1.165, 1.54) is 0 Å². The Morgan fingerprint density at radius 2 is 2.06 bits per heavy atom. The van der Waals surface area contributed by atoms with Crippen LogP contribution in [0.2, 0.25) is 0 Å². The van der Waals surface area contributed by atoms with Gasteiger partial charge in [0.1, 0.15) is 0 Å². The lowest BCUT2D eigenvalue weighted by molar-refractivity contribution is -0.151. The predicted molar refractivity (Wildman–Crippen MR) is 67.1 cm³/mol. The van der Waals surface area contributed by atoms with Crippen molar-refractivity contribution in [2.45, 2.75) is 52.0 Å². The molecule has 1 aliphatic rings. The van der Waals surface area contributed by atoms with E-state index in [0.29, 0.717) is 13.0 Å². The van der Waals surface area contributed by atoms with E-state index in [-0.39, 0.29) is 25.0 Å². The first-order valence-corrected chi connectivity index (χ1v) is 6.52. The van der Waals surface area contributed by atoms with Crippen LogP contribution in [0.4, 0.5) is 0 Å². The van der Waals surface area contributed by atoms with Crippen molar-refractivity contribution in [1.29, 1.82) is 0 Å². The molecular formula is C13H23NO4. The van der Waals surface area contributed by atoms with Gasteiger partial charge < -0.3 is 15.1 Å². The molecule has 0 bridgehead atoms. The minimum Gasteiger partial charge on any atom is -0.481 e. The zero-order chi connectivity index (χ0) is 13.8. The van der Waals surface area contributed by atoms with Crippen molar-refractivity contribution >= 4 is 11.9 Å². The predicted octanol–water partition coefficient (Wildman–Crippen LogP) is 1.25. The number of amides is 1. The normalized spacial score (nSPS) is 20.2. The Morgan fingerprint density at radius 3 is 2.61 bits per heavy atom. The molecule has 1 aliphatic heterocycles. The third-order valence-electron chi connectivity index (χ3n) is 3.57. The maximum Gasteiger partial charge on any atom is 0.309 e. The standard InChI is InChI=1S/C13H23NO4/c1-13(2,12(17)18)9-11(16)14-7-3-5-10(14)6-4-8-15/h10,15H,3-9H2,1-2H3,(H,17,18). The number of carbonyl (C=O) groups is 2. The van der Waals surface area contributed by atoms with Crippen molar-refractivity contribution in [3.8, 4) is 0 Å². The van der Waals surface area contributed by atoms with Crippen LogP contribution in [0.5, 0.6) is 0 Å². The number of carboxylic acids is 1. The molecule has 1 unspecified atom stereocenters. The zero-order valence-electron chi connectivity index (χ0n) is 11.2. The Balaban J connectivity index is 2.57. The average molecular weight is 257 g/mol. The summed E-state index contributed by atoms with van der Waals surface area (Å²) in [6.07, 6.45) is 3.46. The quantitative estimate of drug-likeness (QED) is 0.750. The average Bonchev–Trinajstić information content (AvgIpc) is 2.73. The van der Waals surface area contributed by atoms with Crippen LogP contribution >= 0.6 is 0 Å². The van der Waals surface area contributed by atoms with Crippen LogP contribution in [0.25, 0.3) is 0 Å². The van der Waals surface area contributed by atoms with Crippen molar-refractivity contribution in [2.75, 3.05) is 13.2 Å². The first-order valence-electron chi connectivity index (χ1n) is 6.52. The van der Waals surface area contributed by atoms with Gasteiger partial charge in [-0.05, 0) is 39.5 Å². The molecule has 0 aromatic heterocycles. The molecule has 1 heterocycles. The van der Waals surface area contributed by atoms with Gasteiger partial charge in [-0.15, -0.1) is 0 Å². The molecule has 0 aromatic rings. The molecule has 2 N–H and O–H groups in total. The summed E-state index contributed by atoms with van der Waals surface area (Å²) in [5.74, 6) is -1.02. The molecule has 18 heavy (non-hydrogen) atoms. The Labute approximate surface area is 108 Å². The fraction of sp³-hybridized carbons (Fsp3) is 0.846. The monoisotopic (exact) mass is 257 g/mol. The zero-order valence-corrected chi connectivity index (χ0v) is 11.2. The number of nitrogens with zero attached hydrogens (tertiary/aromatic N) is 1. The maximum atomic E-state index is 12.1.